The van der Waals surface area contributed by atoms with E-state index in [4.69, 9.17) is 9.47 Å². The zero-order valence-corrected chi connectivity index (χ0v) is 15.3. The van der Waals surface area contributed by atoms with Gasteiger partial charge < -0.3 is 9.47 Å². The van der Waals surface area contributed by atoms with Gasteiger partial charge in [-0.25, -0.2) is 17.5 Å². The van der Waals surface area contributed by atoms with Gasteiger partial charge in [0.25, 0.3) is 0 Å². The number of hydrogen-bond acceptors (Lipinski definition) is 6. The first-order valence-corrected chi connectivity index (χ1v) is 9.54. The van der Waals surface area contributed by atoms with E-state index < -0.39 is 27.8 Å². The molecule has 7 nitrogen and oxygen atoms in total. The quantitative estimate of drug-likeness (QED) is 0.684. The van der Waals surface area contributed by atoms with Gasteiger partial charge in [0.05, 0.1) is 24.3 Å². The molecule has 0 bridgehead atoms. The molecule has 1 saturated carbocycles. The molecule has 1 amide bonds. The second-order valence-corrected chi connectivity index (χ2v) is 8.63. The maximum absolute atomic E-state index is 12.4. The number of ether oxygens (including phenoxy) is 2. The van der Waals surface area contributed by atoms with Gasteiger partial charge in [0.1, 0.15) is 5.60 Å². The van der Waals surface area contributed by atoms with E-state index in [9.17, 15) is 18.0 Å². The SMILES string of the molecule is CCCS(=O)(=O)N(C(=O)OC(C)(C)C)C1CC(C(=O)OCC)C1. The first-order chi connectivity index (χ1) is 10.5. The summed E-state index contributed by atoms with van der Waals surface area (Å²) in [6, 6.07) is -0.546. The zero-order chi connectivity index (χ0) is 17.8. The summed E-state index contributed by atoms with van der Waals surface area (Å²) in [5, 5.41) is 0. The van der Waals surface area contributed by atoms with Crippen molar-refractivity contribution in [2.24, 2.45) is 5.92 Å². The van der Waals surface area contributed by atoms with Gasteiger partial charge in [-0.3, -0.25) is 4.79 Å². The van der Waals surface area contributed by atoms with Crippen molar-refractivity contribution in [1.29, 1.82) is 0 Å². The van der Waals surface area contributed by atoms with E-state index in [1.807, 2.05) is 0 Å². The minimum absolute atomic E-state index is 0.132. The van der Waals surface area contributed by atoms with Crippen LogP contribution in [0.1, 0.15) is 53.9 Å². The lowest BCUT2D eigenvalue weighted by atomic mass is 9.80. The summed E-state index contributed by atoms with van der Waals surface area (Å²) in [5.74, 6) is -0.838. The molecule has 0 aliphatic heterocycles. The molecule has 23 heavy (non-hydrogen) atoms. The Morgan fingerprint density at radius 1 is 1.17 bits per heavy atom. The molecule has 1 aliphatic carbocycles. The second kappa shape index (κ2) is 7.51. The summed E-state index contributed by atoms with van der Waals surface area (Å²) in [7, 11) is -3.76. The average Bonchev–Trinajstić information content (AvgIpc) is 2.30. The van der Waals surface area contributed by atoms with E-state index in [2.05, 4.69) is 0 Å². The molecule has 1 fully saturated rings. The summed E-state index contributed by atoms with van der Waals surface area (Å²) in [5.41, 5.74) is -0.790. The minimum Gasteiger partial charge on any atom is -0.466 e. The highest BCUT2D eigenvalue weighted by Crippen LogP contribution is 2.35. The first-order valence-electron chi connectivity index (χ1n) is 7.93. The molecule has 0 heterocycles. The number of esters is 1. The Kier molecular flexibility index (Phi) is 6.44. The Morgan fingerprint density at radius 2 is 1.74 bits per heavy atom. The van der Waals surface area contributed by atoms with E-state index in [1.54, 1.807) is 34.6 Å². The van der Waals surface area contributed by atoms with Crippen LogP contribution in [0.3, 0.4) is 0 Å². The smallest absolute Gasteiger partial charge is 0.424 e. The fourth-order valence-electron chi connectivity index (χ4n) is 2.38. The number of sulfonamides is 1. The van der Waals surface area contributed by atoms with Crippen molar-refractivity contribution in [3.63, 3.8) is 0 Å². The van der Waals surface area contributed by atoms with E-state index in [-0.39, 0.29) is 37.1 Å². The van der Waals surface area contributed by atoms with Crippen LogP contribution in [0.2, 0.25) is 0 Å². The highest BCUT2D eigenvalue weighted by Gasteiger charge is 2.46. The molecular weight excluding hydrogens is 322 g/mol. The predicted molar refractivity (Wildman–Crippen MR) is 85.3 cm³/mol. The molecule has 1 rings (SSSR count). The number of hydrogen-bond donors (Lipinski definition) is 0. The third-order valence-electron chi connectivity index (χ3n) is 3.40. The van der Waals surface area contributed by atoms with Crippen LogP contribution in [0.15, 0.2) is 0 Å². The van der Waals surface area contributed by atoms with Crippen LogP contribution in [0.25, 0.3) is 0 Å². The lowest BCUT2D eigenvalue weighted by molar-refractivity contribution is -0.152. The normalized spacial score (nSPS) is 21.3. The van der Waals surface area contributed by atoms with Crippen molar-refractivity contribution < 1.29 is 27.5 Å². The van der Waals surface area contributed by atoms with E-state index in [0.717, 1.165) is 4.31 Å². The fourth-order valence-corrected chi connectivity index (χ4v) is 3.99. The molecule has 8 heteroatoms. The molecule has 0 atom stereocenters. The molecular formula is C15H27NO6S. The largest absolute Gasteiger partial charge is 0.466 e. The minimum atomic E-state index is -3.76. The third kappa shape index (κ3) is 5.37. The number of amides is 1. The molecule has 0 N–H and O–H groups in total. The van der Waals surface area contributed by atoms with Crippen molar-refractivity contribution in [3.05, 3.63) is 0 Å². The Balaban J connectivity index is 2.87. The molecule has 0 unspecified atom stereocenters. The average molecular weight is 349 g/mol. The third-order valence-corrected chi connectivity index (χ3v) is 5.37. The topological polar surface area (TPSA) is 90.0 Å². The van der Waals surface area contributed by atoms with E-state index in [0.29, 0.717) is 6.42 Å². The maximum atomic E-state index is 12.4. The van der Waals surface area contributed by atoms with Crippen LogP contribution in [0, 0.1) is 5.92 Å². The predicted octanol–water partition coefficient (Wildman–Crippen LogP) is 2.31. The van der Waals surface area contributed by atoms with Gasteiger partial charge in [-0.2, -0.15) is 0 Å². The molecule has 0 spiro atoms. The highest BCUT2D eigenvalue weighted by molar-refractivity contribution is 7.89. The van der Waals surface area contributed by atoms with Crippen molar-refractivity contribution in [2.75, 3.05) is 12.4 Å². The highest BCUT2D eigenvalue weighted by atomic mass is 32.2. The standard InChI is InChI=1S/C15H27NO6S/c1-6-8-23(19,20)16(14(18)22-15(3,4)5)12-9-11(10-12)13(17)21-7-2/h11-12H,6-10H2,1-5H3. The number of rotatable bonds is 6. The molecule has 1 aliphatic rings. The van der Waals surface area contributed by atoms with Crippen LogP contribution in [0.4, 0.5) is 4.79 Å². The Morgan fingerprint density at radius 3 is 2.17 bits per heavy atom. The molecule has 0 aromatic heterocycles. The van der Waals surface area contributed by atoms with Gasteiger partial charge >= 0.3 is 12.1 Å². The van der Waals surface area contributed by atoms with Gasteiger partial charge in [0, 0.05) is 0 Å². The fraction of sp³-hybridized carbons (Fsp3) is 0.867. The van der Waals surface area contributed by atoms with Crippen LogP contribution in [-0.2, 0) is 24.3 Å². The van der Waals surface area contributed by atoms with Gasteiger partial charge in [-0.15, -0.1) is 0 Å². The number of nitrogens with zero attached hydrogens (tertiary/aromatic N) is 1. The summed E-state index contributed by atoms with van der Waals surface area (Å²) in [4.78, 5) is 24.0. The van der Waals surface area contributed by atoms with Crippen molar-refractivity contribution >= 4 is 22.1 Å². The van der Waals surface area contributed by atoms with Gasteiger partial charge in [0.15, 0.2) is 0 Å². The monoisotopic (exact) mass is 349 g/mol. The number of carbonyl (C=O) groups excluding carboxylic acids is 2. The van der Waals surface area contributed by atoms with Crippen LogP contribution in [-0.4, -0.2) is 48.8 Å². The van der Waals surface area contributed by atoms with Gasteiger partial charge in [-0.05, 0) is 47.0 Å². The lowest BCUT2D eigenvalue weighted by Gasteiger charge is -2.40. The summed E-state index contributed by atoms with van der Waals surface area (Å²) in [6.07, 6.45) is 0.0794. The van der Waals surface area contributed by atoms with Crippen molar-refractivity contribution in [3.8, 4) is 0 Å². The van der Waals surface area contributed by atoms with E-state index >= 15 is 0 Å². The van der Waals surface area contributed by atoms with Crippen molar-refractivity contribution in [1.82, 2.24) is 4.31 Å². The molecule has 0 aromatic carbocycles. The second-order valence-electron chi connectivity index (χ2n) is 6.67. The molecule has 0 radical (unpaired) electrons. The Hall–Kier alpha value is -1.31. The first kappa shape index (κ1) is 19.7. The summed E-state index contributed by atoms with van der Waals surface area (Å²) >= 11 is 0. The molecule has 0 aromatic rings. The van der Waals surface area contributed by atoms with Gasteiger partial charge in [0.2, 0.25) is 10.0 Å². The summed E-state index contributed by atoms with van der Waals surface area (Å²) in [6.45, 7) is 8.76. The molecule has 0 saturated heterocycles. The van der Waals surface area contributed by atoms with Gasteiger partial charge in [-0.1, -0.05) is 6.92 Å². The number of carbonyl (C=O) groups is 2. The zero-order valence-electron chi connectivity index (χ0n) is 14.5. The summed E-state index contributed by atoms with van der Waals surface area (Å²) < 4.78 is 35.8. The lowest BCUT2D eigenvalue weighted by Crippen LogP contribution is -2.54. The van der Waals surface area contributed by atoms with Crippen LogP contribution in [0.5, 0.6) is 0 Å². The van der Waals surface area contributed by atoms with E-state index in [1.165, 1.54) is 0 Å². The van der Waals surface area contributed by atoms with Crippen molar-refractivity contribution in [2.45, 2.75) is 65.5 Å². The van der Waals surface area contributed by atoms with Crippen LogP contribution >= 0.6 is 0 Å². The molecule has 134 valence electrons. The Labute approximate surface area is 138 Å². The Bertz CT molecular complexity index is 531. The van der Waals surface area contributed by atoms with Crippen LogP contribution < -0.4 is 0 Å². The maximum Gasteiger partial charge on any atom is 0.424 e.